The molecule has 0 aromatic heterocycles. The van der Waals surface area contributed by atoms with Crippen molar-refractivity contribution < 1.29 is 13.2 Å². The summed E-state index contributed by atoms with van der Waals surface area (Å²) in [6.45, 7) is 1.82. The first-order valence-corrected chi connectivity index (χ1v) is 7.81. The van der Waals surface area contributed by atoms with Gasteiger partial charge in [0.2, 0.25) is 15.9 Å². The van der Waals surface area contributed by atoms with Crippen molar-refractivity contribution in [1.29, 1.82) is 0 Å². The molecule has 1 amide bonds. The van der Waals surface area contributed by atoms with E-state index >= 15 is 0 Å². The predicted molar refractivity (Wildman–Crippen MR) is 80.7 cm³/mol. The number of benzene rings is 1. The average Bonchev–Trinajstić information content (AvgIpc) is 2.34. The lowest BCUT2D eigenvalue weighted by Gasteiger charge is -2.10. The number of sulfonamides is 1. The first-order valence-electron chi connectivity index (χ1n) is 5.92. The lowest BCUT2D eigenvalue weighted by atomic mass is 10.1. The van der Waals surface area contributed by atoms with Crippen molar-refractivity contribution >= 4 is 33.1 Å². The first-order chi connectivity index (χ1) is 9.24. The van der Waals surface area contributed by atoms with Crippen LogP contribution in [0.1, 0.15) is 24.0 Å². The monoisotopic (exact) mass is 315 g/mol. The van der Waals surface area contributed by atoms with Gasteiger partial charge in [-0.1, -0.05) is 24.4 Å². The molecule has 0 radical (unpaired) electrons. The van der Waals surface area contributed by atoms with Gasteiger partial charge in [0.15, 0.2) is 0 Å². The summed E-state index contributed by atoms with van der Waals surface area (Å²) in [7, 11) is -3.66. The number of carbonyl (C=O) groups is 1. The van der Waals surface area contributed by atoms with Crippen LogP contribution in [-0.4, -0.2) is 25.9 Å². The Morgan fingerprint density at radius 2 is 2.00 bits per heavy atom. The molecule has 0 aliphatic carbocycles. The van der Waals surface area contributed by atoms with Crippen molar-refractivity contribution in [2.45, 2.75) is 24.7 Å². The van der Waals surface area contributed by atoms with Crippen LogP contribution in [0, 0.1) is 6.92 Å². The third-order valence-electron chi connectivity index (χ3n) is 2.65. The second kappa shape index (κ2) is 6.78. The maximum atomic E-state index is 12.2. The summed E-state index contributed by atoms with van der Waals surface area (Å²) in [6.07, 6.45) is 0.483. The number of nitrogens with one attached hydrogen (secondary N) is 1. The summed E-state index contributed by atoms with van der Waals surface area (Å²) >= 11 is 4.83. The highest BCUT2D eigenvalue weighted by molar-refractivity contribution is 7.89. The van der Waals surface area contributed by atoms with Crippen molar-refractivity contribution in [1.82, 2.24) is 4.72 Å². The summed E-state index contributed by atoms with van der Waals surface area (Å²) in [5.74, 6) is -0.462. The number of thiocarbonyl (C=S) groups is 1. The predicted octanol–water partition coefficient (Wildman–Crippen LogP) is 0.173. The molecule has 20 heavy (non-hydrogen) atoms. The summed E-state index contributed by atoms with van der Waals surface area (Å²) in [5.41, 5.74) is 11.6. The van der Waals surface area contributed by atoms with E-state index in [9.17, 15) is 13.2 Å². The number of amides is 1. The number of nitrogens with two attached hydrogens (primary N) is 2. The first kappa shape index (κ1) is 16.5. The van der Waals surface area contributed by atoms with E-state index in [4.69, 9.17) is 23.7 Å². The van der Waals surface area contributed by atoms with Gasteiger partial charge in [0, 0.05) is 18.5 Å². The van der Waals surface area contributed by atoms with E-state index in [0.29, 0.717) is 17.5 Å². The molecule has 1 aromatic carbocycles. The molecule has 1 aromatic rings. The Labute approximate surface area is 123 Å². The molecule has 110 valence electrons. The van der Waals surface area contributed by atoms with E-state index in [0.717, 1.165) is 0 Å². The van der Waals surface area contributed by atoms with E-state index in [1.165, 1.54) is 6.07 Å². The van der Waals surface area contributed by atoms with Gasteiger partial charge in [-0.25, -0.2) is 13.1 Å². The van der Waals surface area contributed by atoms with Crippen LogP contribution in [0.25, 0.3) is 0 Å². The van der Waals surface area contributed by atoms with E-state index in [-0.39, 0.29) is 22.8 Å². The molecule has 0 bridgehead atoms. The van der Waals surface area contributed by atoms with Crippen LogP contribution in [0.15, 0.2) is 23.1 Å². The molecule has 1 rings (SSSR count). The molecule has 6 nitrogen and oxygen atoms in total. The van der Waals surface area contributed by atoms with Crippen molar-refractivity contribution in [2.75, 3.05) is 6.54 Å². The normalized spacial score (nSPS) is 11.2. The van der Waals surface area contributed by atoms with Crippen molar-refractivity contribution in [3.63, 3.8) is 0 Å². The zero-order chi connectivity index (χ0) is 15.3. The SMILES string of the molecule is Cc1ccc(C(N)=S)cc1S(=O)(=O)NCCCC(N)=O. The summed E-state index contributed by atoms with van der Waals surface area (Å²) in [6, 6.07) is 4.75. The number of aryl methyl sites for hydroxylation is 1. The fourth-order valence-corrected chi connectivity index (χ4v) is 3.06. The Balaban J connectivity index is 2.89. The third kappa shape index (κ3) is 4.55. The van der Waals surface area contributed by atoms with Crippen molar-refractivity contribution in [3.8, 4) is 0 Å². The molecule has 0 aliphatic heterocycles. The molecular formula is C12H17N3O3S2. The molecule has 5 N–H and O–H groups in total. The van der Waals surface area contributed by atoms with Crippen LogP contribution < -0.4 is 16.2 Å². The zero-order valence-electron chi connectivity index (χ0n) is 11.0. The maximum Gasteiger partial charge on any atom is 0.240 e. The van der Waals surface area contributed by atoms with Gasteiger partial charge in [-0.2, -0.15) is 0 Å². The quantitative estimate of drug-likeness (QED) is 0.490. The number of rotatable bonds is 7. The van der Waals surface area contributed by atoms with E-state index in [1.807, 2.05) is 0 Å². The second-order valence-electron chi connectivity index (χ2n) is 4.31. The van der Waals surface area contributed by atoms with Crippen LogP contribution in [0.3, 0.4) is 0 Å². The van der Waals surface area contributed by atoms with Gasteiger partial charge in [0.05, 0.1) is 4.90 Å². The van der Waals surface area contributed by atoms with Gasteiger partial charge in [0.25, 0.3) is 0 Å². The highest BCUT2D eigenvalue weighted by Gasteiger charge is 2.17. The maximum absolute atomic E-state index is 12.2. The molecular weight excluding hydrogens is 298 g/mol. The van der Waals surface area contributed by atoms with Gasteiger partial charge in [-0.3, -0.25) is 4.79 Å². The highest BCUT2D eigenvalue weighted by Crippen LogP contribution is 2.17. The van der Waals surface area contributed by atoms with E-state index < -0.39 is 15.9 Å². The van der Waals surface area contributed by atoms with Crippen LogP contribution in [0.2, 0.25) is 0 Å². The van der Waals surface area contributed by atoms with Gasteiger partial charge in [-0.05, 0) is 25.0 Å². The Bertz CT molecular complexity index is 627. The van der Waals surface area contributed by atoms with E-state index in [2.05, 4.69) is 4.72 Å². The molecule has 0 heterocycles. The Hall–Kier alpha value is -1.51. The van der Waals surface area contributed by atoms with Crippen LogP contribution in [-0.2, 0) is 14.8 Å². The highest BCUT2D eigenvalue weighted by atomic mass is 32.2. The number of hydrogen-bond donors (Lipinski definition) is 3. The topological polar surface area (TPSA) is 115 Å². The van der Waals surface area contributed by atoms with Crippen LogP contribution >= 0.6 is 12.2 Å². The number of hydrogen-bond acceptors (Lipinski definition) is 4. The molecule has 0 unspecified atom stereocenters. The smallest absolute Gasteiger partial charge is 0.240 e. The number of carbonyl (C=O) groups excluding carboxylic acids is 1. The standard InChI is InChI=1S/C12H17N3O3S2/c1-8-4-5-9(12(14)19)7-10(8)20(17,18)15-6-2-3-11(13)16/h4-5,7,15H,2-3,6H2,1H3,(H2,13,16)(H2,14,19). The van der Waals surface area contributed by atoms with Gasteiger partial charge >= 0.3 is 0 Å². The minimum Gasteiger partial charge on any atom is -0.389 e. The molecule has 0 spiro atoms. The van der Waals surface area contributed by atoms with Gasteiger partial charge in [0.1, 0.15) is 4.99 Å². The molecule has 0 saturated carbocycles. The summed E-state index contributed by atoms with van der Waals surface area (Å²) in [4.78, 5) is 10.8. The van der Waals surface area contributed by atoms with Crippen molar-refractivity contribution in [2.24, 2.45) is 11.5 Å². The third-order valence-corrected chi connectivity index (χ3v) is 4.49. The van der Waals surface area contributed by atoms with E-state index in [1.54, 1.807) is 19.1 Å². The zero-order valence-corrected chi connectivity index (χ0v) is 12.7. The lowest BCUT2D eigenvalue weighted by Crippen LogP contribution is -2.27. The van der Waals surface area contributed by atoms with Crippen LogP contribution in [0.4, 0.5) is 0 Å². The minimum absolute atomic E-state index is 0.127. The van der Waals surface area contributed by atoms with Crippen molar-refractivity contribution in [3.05, 3.63) is 29.3 Å². The molecule has 0 atom stereocenters. The fourth-order valence-electron chi connectivity index (χ4n) is 1.59. The van der Waals surface area contributed by atoms with Gasteiger partial charge in [-0.15, -0.1) is 0 Å². The summed E-state index contributed by atoms with van der Waals surface area (Å²) in [5, 5.41) is 0. The second-order valence-corrected chi connectivity index (χ2v) is 6.49. The minimum atomic E-state index is -3.66. The molecule has 0 fully saturated rings. The van der Waals surface area contributed by atoms with Crippen LogP contribution in [0.5, 0.6) is 0 Å². The Morgan fingerprint density at radius 1 is 1.35 bits per heavy atom. The fraction of sp³-hybridized carbons (Fsp3) is 0.333. The lowest BCUT2D eigenvalue weighted by molar-refractivity contribution is -0.118. The molecule has 8 heteroatoms. The van der Waals surface area contributed by atoms with Gasteiger partial charge < -0.3 is 11.5 Å². The molecule has 0 saturated heterocycles. The molecule has 0 aliphatic rings. The Kier molecular flexibility index (Phi) is 5.61. The Morgan fingerprint density at radius 3 is 2.55 bits per heavy atom. The number of primary amides is 1. The average molecular weight is 315 g/mol. The largest absolute Gasteiger partial charge is 0.389 e. The summed E-state index contributed by atoms with van der Waals surface area (Å²) < 4.78 is 26.7.